The first-order valence-corrected chi connectivity index (χ1v) is 14.4. The molecule has 210 valence electrons. The van der Waals surface area contributed by atoms with Crippen LogP contribution in [0.3, 0.4) is 0 Å². The number of rotatable bonds is 7. The number of benzene rings is 3. The van der Waals surface area contributed by atoms with Gasteiger partial charge in [0.2, 0.25) is 11.8 Å². The van der Waals surface area contributed by atoms with E-state index in [9.17, 15) is 19.2 Å². The van der Waals surface area contributed by atoms with E-state index >= 15 is 0 Å². The summed E-state index contributed by atoms with van der Waals surface area (Å²) in [6.07, 6.45) is 0.215. The summed E-state index contributed by atoms with van der Waals surface area (Å²) in [5.74, 6) is -3.93. The van der Waals surface area contributed by atoms with Crippen LogP contribution in [0, 0.1) is 17.8 Å². The number of ether oxygens (including phenoxy) is 1. The van der Waals surface area contributed by atoms with Crippen molar-refractivity contribution >= 4 is 52.6 Å². The van der Waals surface area contributed by atoms with Gasteiger partial charge in [0.1, 0.15) is 6.04 Å². The lowest BCUT2D eigenvalue weighted by Gasteiger charge is -2.45. The molecule has 3 aliphatic carbocycles. The Bertz CT molecular complexity index is 1470. The zero-order valence-electron chi connectivity index (χ0n) is 22.5. The van der Waals surface area contributed by atoms with E-state index < -0.39 is 36.4 Å². The molecule has 0 radical (unpaired) electrons. The third-order valence-electron chi connectivity index (χ3n) is 8.31. The molecule has 0 saturated carbocycles. The molecule has 3 aromatic carbocycles. The Hall–Kier alpha value is -3.68. The SMILES string of the molecule is CC(C)C[C@H](C(=O)OCC(=O)Nc1cc(Cl)ccc1Cl)N1C(=O)[C@@H]2C3c4ccccc4C(c4ccccc43)[C@@H]2C1=O. The van der Waals surface area contributed by atoms with E-state index in [0.717, 1.165) is 27.2 Å². The van der Waals surface area contributed by atoms with Crippen LogP contribution < -0.4 is 5.32 Å². The zero-order chi connectivity index (χ0) is 29.0. The van der Waals surface area contributed by atoms with Gasteiger partial charge in [0, 0.05) is 16.9 Å². The van der Waals surface area contributed by atoms with Crippen LogP contribution >= 0.6 is 23.2 Å². The Labute approximate surface area is 247 Å². The molecule has 0 spiro atoms. The summed E-state index contributed by atoms with van der Waals surface area (Å²) in [6, 6.07) is 19.4. The fraction of sp³-hybridized carbons (Fsp3) is 0.312. The van der Waals surface area contributed by atoms with Gasteiger partial charge in [-0.05, 0) is 52.8 Å². The van der Waals surface area contributed by atoms with Crippen LogP contribution in [-0.4, -0.2) is 41.2 Å². The first kappa shape index (κ1) is 27.5. The minimum Gasteiger partial charge on any atom is -0.454 e. The summed E-state index contributed by atoms with van der Waals surface area (Å²) in [6.45, 7) is 3.20. The fourth-order valence-corrected chi connectivity index (χ4v) is 7.11. The fourth-order valence-electron chi connectivity index (χ4n) is 6.77. The van der Waals surface area contributed by atoms with Gasteiger partial charge in [-0.1, -0.05) is 85.6 Å². The predicted octanol–water partition coefficient (Wildman–Crippen LogP) is 5.78. The number of esters is 1. The van der Waals surface area contributed by atoms with Gasteiger partial charge in [-0.15, -0.1) is 0 Å². The lowest BCUT2D eigenvalue weighted by molar-refractivity contribution is -0.160. The molecule has 7 rings (SSSR count). The van der Waals surface area contributed by atoms with Crippen molar-refractivity contribution in [1.29, 1.82) is 0 Å². The number of halogens is 2. The molecule has 3 amide bonds. The topological polar surface area (TPSA) is 92.8 Å². The highest BCUT2D eigenvalue weighted by Gasteiger charge is 2.63. The van der Waals surface area contributed by atoms with E-state index in [1.54, 1.807) is 6.07 Å². The maximum atomic E-state index is 14.1. The number of carbonyl (C=O) groups is 4. The molecule has 2 bridgehead atoms. The summed E-state index contributed by atoms with van der Waals surface area (Å²) in [4.78, 5) is 55.4. The van der Waals surface area contributed by atoms with E-state index in [-0.39, 0.29) is 46.7 Å². The maximum Gasteiger partial charge on any atom is 0.329 e. The van der Waals surface area contributed by atoms with Crippen molar-refractivity contribution in [2.45, 2.75) is 38.1 Å². The number of hydrogen-bond acceptors (Lipinski definition) is 5. The predicted molar refractivity (Wildman–Crippen MR) is 155 cm³/mol. The van der Waals surface area contributed by atoms with Gasteiger partial charge in [-0.3, -0.25) is 19.3 Å². The third-order valence-corrected chi connectivity index (χ3v) is 8.87. The summed E-state index contributed by atoms with van der Waals surface area (Å²) in [5.41, 5.74) is 4.50. The summed E-state index contributed by atoms with van der Waals surface area (Å²) in [5, 5.41) is 3.23. The van der Waals surface area contributed by atoms with E-state index in [2.05, 4.69) is 5.32 Å². The highest BCUT2D eigenvalue weighted by atomic mass is 35.5. The highest BCUT2D eigenvalue weighted by Crippen LogP contribution is 2.61. The monoisotopic (exact) mass is 590 g/mol. The van der Waals surface area contributed by atoms with Gasteiger partial charge in [0.25, 0.3) is 5.91 Å². The maximum absolute atomic E-state index is 14.1. The molecule has 1 heterocycles. The molecule has 3 aromatic rings. The number of likely N-dealkylation sites (tertiary alicyclic amines) is 1. The minimum absolute atomic E-state index is 0.0269. The molecule has 3 atom stereocenters. The standard InChI is InChI=1S/C32H28Cl2N2O5/c1-16(2)13-24(32(40)41-15-25(37)35-23-14-17(33)11-12-22(23)34)36-30(38)28-26-18-7-3-4-8-19(18)27(29(28)31(36)39)21-10-6-5-9-20(21)26/h3-12,14,16,24,26-29H,13,15H2,1-2H3,(H,35,37)/t24-,26?,27?,28-,29+/m1/s1. The van der Waals surface area contributed by atoms with Crippen LogP contribution in [0.5, 0.6) is 0 Å². The molecule has 0 unspecified atom stereocenters. The number of anilines is 1. The number of nitrogens with zero attached hydrogens (tertiary/aromatic N) is 1. The van der Waals surface area contributed by atoms with Gasteiger partial charge in [-0.2, -0.15) is 0 Å². The van der Waals surface area contributed by atoms with Crippen molar-refractivity contribution < 1.29 is 23.9 Å². The van der Waals surface area contributed by atoms with Crippen molar-refractivity contribution in [2.24, 2.45) is 17.8 Å². The Morgan fingerprint density at radius 2 is 1.37 bits per heavy atom. The first-order valence-electron chi connectivity index (χ1n) is 13.6. The molecule has 41 heavy (non-hydrogen) atoms. The van der Waals surface area contributed by atoms with E-state index in [0.29, 0.717) is 5.02 Å². The molecule has 1 fully saturated rings. The normalized spacial score (nSPS) is 22.7. The molecule has 1 aliphatic heterocycles. The van der Waals surface area contributed by atoms with Crippen LogP contribution in [0.1, 0.15) is 54.4 Å². The van der Waals surface area contributed by atoms with Gasteiger partial charge in [-0.25, -0.2) is 4.79 Å². The number of hydrogen-bond donors (Lipinski definition) is 1. The van der Waals surface area contributed by atoms with Gasteiger partial charge < -0.3 is 10.1 Å². The molecule has 0 aromatic heterocycles. The van der Waals surface area contributed by atoms with Crippen LogP contribution in [0.2, 0.25) is 10.0 Å². The lowest BCUT2D eigenvalue weighted by atomic mass is 9.55. The summed E-state index contributed by atoms with van der Waals surface area (Å²) >= 11 is 12.1. The van der Waals surface area contributed by atoms with Crippen LogP contribution in [0.15, 0.2) is 66.7 Å². The van der Waals surface area contributed by atoms with Gasteiger partial charge in [0.15, 0.2) is 6.61 Å². The molecule has 1 saturated heterocycles. The third kappa shape index (κ3) is 4.61. The van der Waals surface area contributed by atoms with Gasteiger partial charge >= 0.3 is 5.97 Å². The Balaban J connectivity index is 1.27. The van der Waals surface area contributed by atoms with Crippen molar-refractivity contribution in [3.8, 4) is 0 Å². The van der Waals surface area contributed by atoms with E-state index in [1.807, 2.05) is 62.4 Å². The largest absolute Gasteiger partial charge is 0.454 e. The van der Waals surface area contributed by atoms with E-state index in [1.165, 1.54) is 12.1 Å². The molecular formula is C32H28Cl2N2O5. The van der Waals surface area contributed by atoms with Crippen molar-refractivity contribution in [1.82, 2.24) is 4.90 Å². The molecule has 9 heteroatoms. The van der Waals surface area contributed by atoms with Crippen LogP contribution in [0.25, 0.3) is 0 Å². The Kier molecular flexibility index (Phi) is 7.12. The zero-order valence-corrected chi connectivity index (χ0v) is 24.0. The average molecular weight is 591 g/mol. The molecular weight excluding hydrogens is 563 g/mol. The second-order valence-corrected chi connectivity index (χ2v) is 12.1. The number of carbonyl (C=O) groups excluding carboxylic acids is 4. The second kappa shape index (κ2) is 10.6. The van der Waals surface area contributed by atoms with Crippen LogP contribution in [0.4, 0.5) is 5.69 Å². The smallest absolute Gasteiger partial charge is 0.329 e. The summed E-state index contributed by atoms with van der Waals surface area (Å²) in [7, 11) is 0. The Morgan fingerprint density at radius 1 is 0.854 bits per heavy atom. The Morgan fingerprint density at radius 3 is 1.85 bits per heavy atom. The quantitative estimate of drug-likeness (QED) is 0.278. The number of imide groups is 1. The van der Waals surface area contributed by atoms with Crippen LogP contribution in [-0.2, 0) is 23.9 Å². The first-order chi connectivity index (χ1) is 19.7. The second-order valence-electron chi connectivity index (χ2n) is 11.2. The summed E-state index contributed by atoms with van der Waals surface area (Å²) < 4.78 is 5.39. The number of nitrogens with one attached hydrogen (secondary N) is 1. The van der Waals surface area contributed by atoms with E-state index in [4.69, 9.17) is 27.9 Å². The lowest BCUT2D eigenvalue weighted by Crippen LogP contribution is -2.47. The molecule has 7 nitrogen and oxygen atoms in total. The molecule has 1 N–H and O–H groups in total. The molecule has 4 aliphatic rings. The number of amides is 3. The van der Waals surface area contributed by atoms with Crippen molar-refractivity contribution in [3.63, 3.8) is 0 Å². The van der Waals surface area contributed by atoms with Gasteiger partial charge in [0.05, 0.1) is 22.5 Å². The highest BCUT2D eigenvalue weighted by molar-refractivity contribution is 6.35. The average Bonchev–Trinajstić information content (AvgIpc) is 3.22. The minimum atomic E-state index is -1.14. The van der Waals surface area contributed by atoms with Crippen molar-refractivity contribution in [2.75, 3.05) is 11.9 Å². The van der Waals surface area contributed by atoms with Crippen molar-refractivity contribution in [3.05, 3.63) is 99.0 Å².